The molecule has 5 nitrogen and oxygen atoms in total. The van der Waals surface area contributed by atoms with Crippen molar-refractivity contribution >= 4 is 11.9 Å². The average Bonchev–Trinajstić information content (AvgIpc) is 2.95. The van der Waals surface area contributed by atoms with E-state index in [1.807, 2.05) is 0 Å². The first-order valence-corrected chi connectivity index (χ1v) is 4.85. The van der Waals surface area contributed by atoms with E-state index < -0.39 is 18.1 Å². The van der Waals surface area contributed by atoms with Gasteiger partial charge in [-0.05, 0) is 25.2 Å². The molecule has 80 valence electrons. The summed E-state index contributed by atoms with van der Waals surface area (Å²) in [5.74, 6) is -1.24. The van der Waals surface area contributed by atoms with Crippen LogP contribution in [0.5, 0.6) is 0 Å². The molecule has 2 atom stereocenters. The second kappa shape index (κ2) is 4.41. The van der Waals surface area contributed by atoms with E-state index >= 15 is 0 Å². The van der Waals surface area contributed by atoms with Gasteiger partial charge in [-0.1, -0.05) is 6.92 Å². The number of carbonyl (C=O) groups excluding carboxylic acids is 1. The van der Waals surface area contributed by atoms with Crippen LogP contribution in [0.15, 0.2) is 0 Å². The van der Waals surface area contributed by atoms with Gasteiger partial charge < -0.3 is 16.2 Å². The topological polar surface area (TPSA) is 92.4 Å². The van der Waals surface area contributed by atoms with Crippen LogP contribution in [0.2, 0.25) is 0 Å². The van der Waals surface area contributed by atoms with Crippen molar-refractivity contribution in [1.82, 2.24) is 5.32 Å². The highest BCUT2D eigenvalue weighted by atomic mass is 16.4. The molecule has 14 heavy (non-hydrogen) atoms. The van der Waals surface area contributed by atoms with Crippen molar-refractivity contribution in [3.8, 4) is 0 Å². The van der Waals surface area contributed by atoms with Crippen LogP contribution in [-0.4, -0.2) is 29.1 Å². The van der Waals surface area contributed by atoms with Crippen LogP contribution in [-0.2, 0) is 9.59 Å². The van der Waals surface area contributed by atoms with E-state index in [-0.39, 0.29) is 11.8 Å². The Morgan fingerprint density at radius 2 is 2.14 bits per heavy atom. The van der Waals surface area contributed by atoms with Crippen LogP contribution < -0.4 is 11.1 Å². The lowest BCUT2D eigenvalue weighted by Crippen LogP contribution is -2.49. The summed E-state index contributed by atoms with van der Waals surface area (Å²) in [6, 6.07) is -1.35. The predicted molar refractivity (Wildman–Crippen MR) is 50.6 cm³/mol. The van der Waals surface area contributed by atoms with Crippen molar-refractivity contribution in [3.05, 3.63) is 0 Å². The Kier molecular flexibility index (Phi) is 3.46. The number of carbonyl (C=O) groups is 2. The molecule has 1 rings (SSSR count). The van der Waals surface area contributed by atoms with Crippen molar-refractivity contribution in [2.45, 2.75) is 38.3 Å². The van der Waals surface area contributed by atoms with Gasteiger partial charge in [-0.25, -0.2) is 4.79 Å². The van der Waals surface area contributed by atoms with Crippen LogP contribution >= 0.6 is 0 Å². The molecule has 0 aromatic carbocycles. The molecule has 0 bridgehead atoms. The van der Waals surface area contributed by atoms with E-state index in [9.17, 15) is 9.59 Å². The Morgan fingerprint density at radius 1 is 1.57 bits per heavy atom. The van der Waals surface area contributed by atoms with E-state index in [1.54, 1.807) is 6.92 Å². The lowest BCUT2D eigenvalue weighted by Gasteiger charge is -2.16. The number of carboxylic acids is 1. The third-order valence-electron chi connectivity index (χ3n) is 2.43. The SMILES string of the molecule is CCC(N)C(=O)NC(C(=O)O)C1CC1. The molecule has 1 fully saturated rings. The van der Waals surface area contributed by atoms with Gasteiger partial charge in [-0.3, -0.25) is 4.79 Å². The zero-order valence-corrected chi connectivity index (χ0v) is 8.19. The zero-order chi connectivity index (χ0) is 10.7. The maximum atomic E-state index is 11.3. The second-order valence-corrected chi connectivity index (χ2v) is 3.68. The number of nitrogens with two attached hydrogens (primary N) is 1. The van der Waals surface area contributed by atoms with Crippen molar-refractivity contribution in [2.24, 2.45) is 11.7 Å². The first kappa shape index (κ1) is 11.0. The minimum absolute atomic E-state index is 0.0977. The van der Waals surface area contributed by atoms with Crippen LogP contribution in [0.25, 0.3) is 0 Å². The third-order valence-corrected chi connectivity index (χ3v) is 2.43. The molecule has 0 radical (unpaired) electrons. The highest BCUT2D eigenvalue weighted by molar-refractivity contribution is 5.87. The molecule has 1 aliphatic carbocycles. The average molecular weight is 200 g/mol. The molecule has 0 heterocycles. The number of amides is 1. The number of carboxylic acid groups (broad SMARTS) is 1. The minimum Gasteiger partial charge on any atom is -0.480 e. The smallest absolute Gasteiger partial charge is 0.326 e. The largest absolute Gasteiger partial charge is 0.480 e. The van der Waals surface area contributed by atoms with Crippen LogP contribution in [0, 0.1) is 5.92 Å². The first-order valence-electron chi connectivity index (χ1n) is 4.85. The van der Waals surface area contributed by atoms with Gasteiger partial charge in [0.25, 0.3) is 0 Å². The van der Waals surface area contributed by atoms with Gasteiger partial charge in [0.05, 0.1) is 6.04 Å². The highest BCUT2D eigenvalue weighted by Crippen LogP contribution is 2.32. The molecule has 0 aliphatic heterocycles. The molecule has 0 aromatic heterocycles. The summed E-state index contributed by atoms with van der Waals surface area (Å²) in [6.07, 6.45) is 2.26. The van der Waals surface area contributed by atoms with E-state index in [2.05, 4.69) is 5.32 Å². The molecule has 0 spiro atoms. The fourth-order valence-corrected chi connectivity index (χ4v) is 1.26. The molecule has 0 aromatic rings. The number of hydrogen-bond acceptors (Lipinski definition) is 3. The molecule has 2 unspecified atom stereocenters. The Hall–Kier alpha value is -1.10. The highest BCUT2D eigenvalue weighted by Gasteiger charge is 2.37. The van der Waals surface area contributed by atoms with Crippen molar-refractivity contribution in [2.75, 3.05) is 0 Å². The van der Waals surface area contributed by atoms with Crippen LogP contribution in [0.4, 0.5) is 0 Å². The molecule has 1 saturated carbocycles. The van der Waals surface area contributed by atoms with E-state index in [0.717, 1.165) is 12.8 Å². The van der Waals surface area contributed by atoms with Crippen LogP contribution in [0.1, 0.15) is 26.2 Å². The van der Waals surface area contributed by atoms with E-state index in [1.165, 1.54) is 0 Å². The maximum absolute atomic E-state index is 11.3. The molecule has 1 aliphatic rings. The summed E-state index contributed by atoms with van der Waals surface area (Å²) in [6.45, 7) is 1.79. The van der Waals surface area contributed by atoms with E-state index in [4.69, 9.17) is 10.8 Å². The summed E-state index contributed by atoms with van der Waals surface area (Å²) in [7, 11) is 0. The quantitative estimate of drug-likeness (QED) is 0.568. The monoisotopic (exact) mass is 200 g/mol. The summed E-state index contributed by atoms with van der Waals surface area (Å²) in [5, 5.41) is 11.3. The van der Waals surface area contributed by atoms with Gasteiger partial charge in [0, 0.05) is 0 Å². The maximum Gasteiger partial charge on any atom is 0.326 e. The Bertz CT molecular complexity index is 238. The molecular weight excluding hydrogens is 184 g/mol. The third kappa shape index (κ3) is 2.70. The summed E-state index contributed by atoms with van der Waals surface area (Å²) < 4.78 is 0. The zero-order valence-electron chi connectivity index (χ0n) is 8.19. The second-order valence-electron chi connectivity index (χ2n) is 3.68. The molecule has 5 heteroatoms. The molecule has 1 amide bonds. The summed E-state index contributed by atoms with van der Waals surface area (Å²) in [4.78, 5) is 22.1. The van der Waals surface area contributed by atoms with E-state index in [0.29, 0.717) is 6.42 Å². The van der Waals surface area contributed by atoms with Gasteiger partial charge in [0.15, 0.2) is 0 Å². The Morgan fingerprint density at radius 3 is 2.50 bits per heavy atom. The lowest BCUT2D eigenvalue weighted by molar-refractivity contribution is -0.142. The molecular formula is C9H16N2O3. The fraction of sp³-hybridized carbons (Fsp3) is 0.778. The van der Waals surface area contributed by atoms with Gasteiger partial charge in [-0.15, -0.1) is 0 Å². The number of aliphatic carboxylic acids is 1. The number of hydrogen-bond donors (Lipinski definition) is 3. The van der Waals surface area contributed by atoms with Crippen molar-refractivity contribution in [3.63, 3.8) is 0 Å². The van der Waals surface area contributed by atoms with Gasteiger partial charge in [0.1, 0.15) is 6.04 Å². The van der Waals surface area contributed by atoms with Crippen LogP contribution in [0.3, 0.4) is 0 Å². The minimum atomic E-state index is -0.968. The summed E-state index contributed by atoms with van der Waals surface area (Å²) >= 11 is 0. The van der Waals surface area contributed by atoms with Gasteiger partial charge in [-0.2, -0.15) is 0 Å². The van der Waals surface area contributed by atoms with Crippen molar-refractivity contribution < 1.29 is 14.7 Å². The van der Waals surface area contributed by atoms with Gasteiger partial charge in [0.2, 0.25) is 5.91 Å². The molecule has 0 saturated heterocycles. The summed E-state index contributed by atoms with van der Waals surface area (Å²) in [5.41, 5.74) is 5.48. The van der Waals surface area contributed by atoms with Crippen molar-refractivity contribution in [1.29, 1.82) is 0 Å². The normalized spacial score (nSPS) is 19.9. The fourth-order valence-electron chi connectivity index (χ4n) is 1.26. The number of nitrogens with one attached hydrogen (secondary N) is 1. The Labute approximate surface area is 82.7 Å². The predicted octanol–water partition coefficient (Wildman–Crippen LogP) is -0.297. The number of rotatable bonds is 5. The Balaban J connectivity index is 2.46. The first-order chi connectivity index (χ1) is 6.56. The molecule has 4 N–H and O–H groups in total. The van der Waals surface area contributed by atoms with Gasteiger partial charge >= 0.3 is 5.97 Å². The standard InChI is InChI=1S/C9H16N2O3/c1-2-6(10)8(12)11-7(9(13)14)5-3-4-5/h5-7H,2-4,10H2,1H3,(H,11,12)(H,13,14). The lowest BCUT2D eigenvalue weighted by atomic mass is 10.1.